The van der Waals surface area contributed by atoms with E-state index in [0.29, 0.717) is 152 Å². The van der Waals surface area contributed by atoms with E-state index in [9.17, 15) is 63.3 Å². The van der Waals surface area contributed by atoms with Gasteiger partial charge in [0.15, 0.2) is 11.6 Å². The number of aliphatic hydroxyl groups excluding tert-OH is 3. The largest absolute Gasteiger partial charge is 0.496 e. The Morgan fingerprint density at radius 2 is 1.32 bits per heavy atom. The average Bonchev–Trinajstić information content (AvgIpc) is 1.62. The first-order valence-corrected chi connectivity index (χ1v) is 39.5. The molecule has 2 aromatic rings. The van der Waals surface area contributed by atoms with Gasteiger partial charge in [0, 0.05) is 84.3 Å². The van der Waals surface area contributed by atoms with Gasteiger partial charge in [-0.15, -0.1) is 0 Å². The number of aromatic nitrogens is 1. The number of thioether (sulfide) groups is 1. The molecule has 0 spiro atoms. The molecule has 40 heteroatoms. The summed E-state index contributed by atoms with van der Waals surface area (Å²) in [7, 11) is -0.970. The minimum Gasteiger partial charge on any atom is -0.496 e. The van der Waals surface area contributed by atoms with Gasteiger partial charge in [0.2, 0.25) is 47.3 Å². The van der Waals surface area contributed by atoms with Crippen LogP contribution >= 0.6 is 11.8 Å². The van der Waals surface area contributed by atoms with Crippen molar-refractivity contribution in [2.24, 2.45) is 46.9 Å². The van der Waals surface area contributed by atoms with E-state index in [4.69, 9.17) is 69.8 Å². The molecule has 626 valence electrons. The number of Topliss-reactive ketones (excluding diaryl/α,β-unsaturated/α-hetero) is 2. The second kappa shape index (κ2) is 51.2. The Hall–Kier alpha value is -7.55. The van der Waals surface area contributed by atoms with E-state index in [-0.39, 0.29) is 48.9 Å². The zero-order chi connectivity index (χ0) is 81.4. The lowest BCUT2D eigenvalue weighted by atomic mass is 9.85. The van der Waals surface area contributed by atoms with Crippen LogP contribution in [-0.2, 0) is 118 Å². The van der Waals surface area contributed by atoms with E-state index < -0.39 is 199 Å². The number of hydrogen-bond acceptors (Lipinski definition) is 29. The number of carbonyl (C=O) groups is 11. The second-order valence-corrected chi connectivity index (χ2v) is 29.5. The van der Waals surface area contributed by atoms with Crippen LogP contribution in [0.1, 0.15) is 77.3 Å². The number of nitrogens with zero attached hydrogens (tertiary/aromatic N) is 2. The summed E-state index contributed by atoms with van der Waals surface area (Å²) in [5.41, 5.74) is 12.9. The first-order chi connectivity index (χ1) is 53.2. The number of rotatable bonds is 46. The topological polar surface area (TPSA) is 551 Å². The lowest BCUT2D eigenvalue weighted by molar-refractivity contribution is -0.144. The summed E-state index contributed by atoms with van der Waals surface area (Å²) in [5.74, 6) is -8.62. The molecule has 111 heavy (non-hydrogen) atoms. The van der Waals surface area contributed by atoms with E-state index in [1.807, 2.05) is 0 Å². The number of hydrogen-bond donors (Lipinski definition) is 14. The van der Waals surface area contributed by atoms with Crippen molar-refractivity contribution >= 4 is 98.3 Å². The second-order valence-electron chi connectivity index (χ2n) is 26.9. The molecule has 2 unspecified atom stereocenters. The fraction of sp³-hybridized carbons (Fsp3) is 0.704. The van der Waals surface area contributed by atoms with Gasteiger partial charge in [0.1, 0.15) is 28.9 Å². The maximum absolute atomic E-state index is 15.4. The van der Waals surface area contributed by atoms with Crippen molar-refractivity contribution in [2.75, 3.05) is 177 Å². The third-order valence-corrected chi connectivity index (χ3v) is 20.9. The number of aliphatic hydroxyl groups is 3. The molecular formula is C71H114N12O26S2. The number of fused-ring (bicyclic) bond motifs is 5. The summed E-state index contributed by atoms with van der Waals surface area (Å²) < 4.78 is 71.6. The predicted octanol–water partition coefficient (Wildman–Crippen LogP) is -3.85. The van der Waals surface area contributed by atoms with Crippen LogP contribution in [0.4, 0.5) is 0 Å². The number of nitrogens with one attached hydrogen (secondary N) is 7. The highest BCUT2D eigenvalue weighted by Gasteiger charge is 2.45. The molecule has 1 fully saturated rings. The van der Waals surface area contributed by atoms with E-state index in [0.717, 1.165) is 4.90 Å². The first kappa shape index (κ1) is 94.0. The molecule has 12 atom stereocenters. The van der Waals surface area contributed by atoms with Gasteiger partial charge in [-0.25, -0.2) is 5.84 Å². The molecular weight excluding hydrogens is 1500 g/mol. The van der Waals surface area contributed by atoms with Crippen molar-refractivity contribution in [3.05, 3.63) is 35.2 Å². The highest BCUT2D eigenvalue weighted by molar-refractivity contribution is 7.98. The Kier molecular flexibility index (Phi) is 43.4. The van der Waals surface area contributed by atoms with Crippen molar-refractivity contribution in [1.29, 1.82) is 0 Å². The van der Waals surface area contributed by atoms with Crippen LogP contribution < -0.4 is 53.9 Å². The third-order valence-electron chi connectivity index (χ3n) is 18.5. The molecule has 8 amide bonds. The van der Waals surface area contributed by atoms with Crippen LogP contribution in [0, 0.1) is 29.6 Å². The van der Waals surface area contributed by atoms with E-state index in [2.05, 4.69) is 36.9 Å². The number of aliphatic carboxylic acids is 1. The number of benzene rings is 1. The standard InChI is InChI=1S/C71H114N12O26S2/c1-6-43(2)51-32-48(85)36-76-65(92)46-30-52-50-7-8-59(100-5)53(41-110-28-27-109-26-25-108-24-23-107-22-21-106-20-19-105-18-17-104-16-15-103-14-13-102-12-11-101-10-9-82(74)38-47(72)35-75-61(90)29-44(3)71(97)98)64(50)81-69(52)111(99)42-55(78-62(91)37-77-66(51)93)67(94)79-54(34-60(73)89)70(96)83-39-49(86)33-56(83)68(95)80-63(57(87)31-46)45(4)58(88)40-84/h7-8,38,43-46,49,51,54-56,58,63,81,84,86,88H,6,9-37,39-42,72,74H2,1-5H3,(H2,73,89)(H,75,90)(H,76,92)(H,77,93)(H,78,91)(H,79,94)(H,80,95)(H,97,98)/b47-38-/t43-,44?,45-,46+,49+,51-,54-,55+,56-,58-,63-,111?/m0/s1. The Morgan fingerprint density at radius 1 is 0.748 bits per heavy atom. The molecule has 0 saturated carbocycles. The van der Waals surface area contributed by atoms with Gasteiger partial charge >= 0.3 is 5.97 Å². The Balaban J connectivity index is 1.11. The number of H-pyrrole nitrogens is 1. The molecule has 2 bridgehead atoms. The highest BCUT2D eigenvalue weighted by Crippen LogP contribution is 2.37. The van der Waals surface area contributed by atoms with E-state index >= 15 is 9.00 Å². The predicted molar refractivity (Wildman–Crippen MR) is 401 cm³/mol. The molecule has 3 aliphatic rings. The number of carbonyl (C=O) groups excluding carboxylic acids is 10. The molecule has 17 N–H and O–H groups in total. The zero-order valence-corrected chi connectivity index (χ0v) is 65.5. The molecule has 5 rings (SSSR count). The lowest BCUT2D eigenvalue weighted by Gasteiger charge is -2.32. The number of carboxylic acid groups (broad SMARTS) is 1. The lowest BCUT2D eigenvalue weighted by Crippen LogP contribution is -2.60. The van der Waals surface area contributed by atoms with Crippen molar-refractivity contribution in [3.63, 3.8) is 0 Å². The van der Waals surface area contributed by atoms with Crippen molar-refractivity contribution < 1.29 is 125 Å². The van der Waals surface area contributed by atoms with Crippen LogP contribution in [0.15, 0.2) is 29.1 Å². The van der Waals surface area contributed by atoms with Crippen molar-refractivity contribution in [3.8, 4) is 5.75 Å². The van der Waals surface area contributed by atoms with Gasteiger partial charge in [-0.1, -0.05) is 34.1 Å². The number of carboxylic acids is 1. The Bertz CT molecular complexity index is 3390. The molecule has 1 aromatic carbocycles. The minimum atomic E-state index is -2.42. The summed E-state index contributed by atoms with van der Waals surface area (Å²) in [6, 6.07) is -3.68. The van der Waals surface area contributed by atoms with Crippen molar-refractivity contribution in [2.45, 2.75) is 120 Å². The van der Waals surface area contributed by atoms with Gasteiger partial charge in [-0.2, -0.15) is 11.8 Å². The average molecular weight is 1620 g/mol. The van der Waals surface area contributed by atoms with Crippen LogP contribution in [0.3, 0.4) is 0 Å². The minimum absolute atomic E-state index is 0.0264. The van der Waals surface area contributed by atoms with Gasteiger partial charge in [-0.3, -0.25) is 56.9 Å². The number of ether oxygens (including phenoxy) is 10. The summed E-state index contributed by atoms with van der Waals surface area (Å²) in [5, 5.41) is 57.8. The molecule has 0 radical (unpaired) electrons. The number of aromatic amines is 1. The van der Waals surface area contributed by atoms with E-state index in [1.54, 1.807) is 26.0 Å². The highest BCUT2D eigenvalue weighted by atomic mass is 32.2. The van der Waals surface area contributed by atoms with Crippen LogP contribution in [0.5, 0.6) is 5.75 Å². The fourth-order valence-electron chi connectivity index (χ4n) is 12.0. The molecule has 0 aliphatic carbocycles. The normalized spacial score (nSPS) is 22.0. The maximum Gasteiger partial charge on any atom is 0.306 e. The Morgan fingerprint density at radius 3 is 1.86 bits per heavy atom. The zero-order valence-electron chi connectivity index (χ0n) is 63.8. The van der Waals surface area contributed by atoms with Gasteiger partial charge in [0.25, 0.3) is 0 Å². The Labute approximate surface area is 651 Å². The van der Waals surface area contributed by atoms with E-state index in [1.165, 1.54) is 43.9 Å². The number of ketones is 2. The van der Waals surface area contributed by atoms with Gasteiger partial charge in [0.05, 0.1) is 211 Å². The fourth-order valence-corrected chi connectivity index (χ4v) is 14.3. The number of primary amides is 1. The molecule has 38 nitrogen and oxygen atoms in total. The van der Waals surface area contributed by atoms with Gasteiger partial charge < -0.3 is 126 Å². The summed E-state index contributed by atoms with van der Waals surface area (Å²) in [4.78, 5) is 155. The molecule has 1 saturated heterocycles. The molecule has 4 heterocycles. The molecule has 1 aromatic heterocycles. The first-order valence-electron chi connectivity index (χ1n) is 37.1. The van der Waals surface area contributed by atoms with Crippen LogP contribution in [0.2, 0.25) is 0 Å². The summed E-state index contributed by atoms with van der Waals surface area (Å²) in [6.07, 6.45) is -4.10. The number of methoxy groups -OCH3 is 1. The third kappa shape index (κ3) is 33.2. The summed E-state index contributed by atoms with van der Waals surface area (Å²) in [6.45, 7) is 10.1. The number of amides is 8. The number of hydrazine groups is 1. The smallest absolute Gasteiger partial charge is 0.306 e. The summed E-state index contributed by atoms with van der Waals surface area (Å²) >= 11 is 1.45. The van der Waals surface area contributed by atoms with Crippen LogP contribution in [-0.4, -0.2) is 318 Å². The number of nitrogens with two attached hydrogens (primary N) is 3. The molecule has 3 aliphatic heterocycles. The quantitative estimate of drug-likeness (QED) is 0.0171. The van der Waals surface area contributed by atoms with Crippen LogP contribution in [0.25, 0.3) is 10.9 Å². The maximum atomic E-state index is 15.4. The van der Waals surface area contributed by atoms with Gasteiger partial charge in [-0.05, 0) is 30.0 Å². The van der Waals surface area contributed by atoms with Crippen molar-refractivity contribution in [1.82, 2.24) is 46.8 Å². The monoisotopic (exact) mass is 1610 g/mol. The SMILES string of the molecule is CC[C@H](C)[C@@H]1CC(=O)CNC(=O)[C@H]2CC(=O)[C@H]([C@@H](C)[C@@H](O)CO)NC(=O)[C@@H]3C[C@@H](O)CN3C(=O)[C@H](CC(N)=O)NC(=O)[C@@H](CS(=O)c3[nH]c4c(CSCCOCCOCCOCCOCCOCCOCCOCCOCCOCCN(N)/C=C(\N)CNC(=O)CC(C)C(=O)O)c(OC)ccc4c3C2)NC(=O)CNC1=O.